The molecule has 1 amide bonds. The van der Waals surface area contributed by atoms with Gasteiger partial charge in [0.05, 0.1) is 12.6 Å². The van der Waals surface area contributed by atoms with Crippen molar-refractivity contribution in [2.45, 2.75) is 26.3 Å². The van der Waals surface area contributed by atoms with Crippen molar-refractivity contribution in [2.75, 3.05) is 6.61 Å². The van der Waals surface area contributed by atoms with Gasteiger partial charge in [-0.2, -0.15) is 0 Å². The van der Waals surface area contributed by atoms with Gasteiger partial charge in [0.1, 0.15) is 11.6 Å². The van der Waals surface area contributed by atoms with Gasteiger partial charge in [-0.05, 0) is 42.3 Å². The van der Waals surface area contributed by atoms with Crippen molar-refractivity contribution in [1.82, 2.24) is 5.32 Å². The molecule has 0 bridgehead atoms. The number of rotatable bonds is 6. The summed E-state index contributed by atoms with van der Waals surface area (Å²) in [5.74, 6) is 0.359. The van der Waals surface area contributed by atoms with Gasteiger partial charge in [-0.3, -0.25) is 4.79 Å². The number of carbonyl (C=O) groups excluding carboxylic acids is 1. The third-order valence-corrected chi connectivity index (χ3v) is 3.37. The molecule has 0 aromatic heterocycles. The van der Waals surface area contributed by atoms with Gasteiger partial charge in [0, 0.05) is 13.3 Å². The summed E-state index contributed by atoms with van der Waals surface area (Å²) in [6.45, 7) is 4.00. The van der Waals surface area contributed by atoms with Crippen molar-refractivity contribution in [3.05, 3.63) is 65.5 Å². The van der Waals surface area contributed by atoms with Crippen molar-refractivity contribution in [1.29, 1.82) is 0 Å². The smallest absolute Gasteiger partial charge is 0.217 e. The number of ether oxygens (including phenoxy) is 1. The molecule has 4 heteroatoms. The standard InChI is InChI=1S/C18H20FNO2/c1-13(20-14(2)21)16-5-3-15(4-6-16)11-12-22-18-9-7-17(19)8-10-18/h3-10,13H,11-12H2,1-2H3,(H,20,21). The van der Waals surface area contributed by atoms with Crippen molar-refractivity contribution >= 4 is 5.91 Å². The molecule has 0 aliphatic rings. The lowest BCUT2D eigenvalue weighted by Gasteiger charge is -2.13. The van der Waals surface area contributed by atoms with Crippen LogP contribution in [-0.2, 0) is 11.2 Å². The van der Waals surface area contributed by atoms with Crippen LogP contribution in [0.15, 0.2) is 48.5 Å². The van der Waals surface area contributed by atoms with Gasteiger partial charge >= 0.3 is 0 Å². The van der Waals surface area contributed by atoms with E-state index >= 15 is 0 Å². The zero-order valence-corrected chi connectivity index (χ0v) is 12.8. The zero-order chi connectivity index (χ0) is 15.9. The van der Waals surface area contributed by atoms with E-state index in [2.05, 4.69) is 5.32 Å². The Bertz CT molecular complexity index is 608. The number of amides is 1. The number of halogens is 1. The molecule has 0 saturated heterocycles. The highest BCUT2D eigenvalue weighted by Gasteiger charge is 2.06. The van der Waals surface area contributed by atoms with Crippen LogP contribution in [-0.4, -0.2) is 12.5 Å². The molecule has 0 saturated carbocycles. The number of hydrogen-bond donors (Lipinski definition) is 1. The Balaban J connectivity index is 1.83. The van der Waals surface area contributed by atoms with E-state index in [1.165, 1.54) is 19.1 Å². The van der Waals surface area contributed by atoms with Crippen LogP contribution in [0.4, 0.5) is 4.39 Å². The first-order valence-electron chi connectivity index (χ1n) is 7.29. The Morgan fingerprint density at radius 1 is 1.14 bits per heavy atom. The Morgan fingerprint density at radius 3 is 2.36 bits per heavy atom. The SMILES string of the molecule is CC(=O)NC(C)c1ccc(CCOc2ccc(F)cc2)cc1. The molecule has 2 aromatic rings. The summed E-state index contributed by atoms with van der Waals surface area (Å²) in [6.07, 6.45) is 0.770. The van der Waals surface area contributed by atoms with Crippen LogP contribution in [0.5, 0.6) is 5.75 Å². The summed E-state index contributed by atoms with van der Waals surface area (Å²) in [5, 5.41) is 2.85. The van der Waals surface area contributed by atoms with E-state index in [0.717, 1.165) is 17.5 Å². The molecule has 0 radical (unpaired) electrons. The number of nitrogens with one attached hydrogen (secondary N) is 1. The summed E-state index contributed by atoms with van der Waals surface area (Å²) in [7, 11) is 0. The van der Waals surface area contributed by atoms with Crippen molar-refractivity contribution in [3.8, 4) is 5.75 Å². The van der Waals surface area contributed by atoms with Gasteiger partial charge in [-0.15, -0.1) is 0 Å². The van der Waals surface area contributed by atoms with Crippen molar-refractivity contribution in [2.24, 2.45) is 0 Å². The molecule has 0 fully saturated rings. The van der Waals surface area contributed by atoms with Crippen LogP contribution in [0.3, 0.4) is 0 Å². The van der Waals surface area contributed by atoms with Crippen LogP contribution in [0.2, 0.25) is 0 Å². The number of benzene rings is 2. The fourth-order valence-corrected chi connectivity index (χ4v) is 2.18. The Labute approximate surface area is 130 Å². The minimum Gasteiger partial charge on any atom is -0.493 e. The molecule has 0 spiro atoms. The van der Waals surface area contributed by atoms with E-state index in [0.29, 0.717) is 12.4 Å². The fraction of sp³-hybridized carbons (Fsp3) is 0.278. The molecule has 1 unspecified atom stereocenters. The number of hydrogen-bond acceptors (Lipinski definition) is 2. The second-order valence-corrected chi connectivity index (χ2v) is 5.22. The second kappa shape index (κ2) is 7.59. The summed E-state index contributed by atoms with van der Waals surface area (Å²) in [6, 6.07) is 14.1. The van der Waals surface area contributed by atoms with Crippen molar-refractivity contribution in [3.63, 3.8) is 0 Å². The summed E-state index contributed by atoms with van der Waals surface area (Å²) >= 11 is 0. The highest BCUT2D eigenvalue weighted by atomic mass is 19.1. The molecule has 0 heterocycles. The first-order chi connectivity index (χ1) is 10.5. The Morgan fingerprint density at radius 2 is 1.77 bits per heavy atom. The first-order valence-corrected chi connectivity index (χ1v) is 7.29. The molecule has 0 aliphatic heterocycles. The molecular weight excluding hydrogens is 281 g/mol. The van der Waals surface area contributed by atoms with Gasteiger partial charge in [0.15, 0.2) is 0 Å². The summed E-state index contributed by atoms with van der Waals surface area (Å²) in [4.78, 5) is 11.0. The van der Waals surface area contributed by atoms with E-state index < -0.39 is 0 Å². The van der Waals surface area contributed by atoms with Crippen LogP contribution < -0.4 is 10.1 Å². The maximum atomic E-state index is 12.8. The fourth-order valence-electron chi connectivity index (χ4n) is 2.18. The van der Waals surface area contributed by atoms with Crippen molar-refractivity contribution < 1.29 is 13.9 Å². The highest BCUT2D eigenvalue weighted by molar-refractivity contribution is 5.73. The summed E-state index contributed by atoms with van der Waals surface area (Å²) < 4.78 is 18.3. The van der Waals surface area contributed by atoms with Crippen LogP contribution in [0.1, 0.15) is 31.0 Å². The molecule has 1 atom stereocenters. The Kier molecular flexibility index (Phi) is 5.53. The molecule has 2 rings (SSSR count). The van der Waals surface area contributed by atoms with Gasteiger partial charge in [-0.25, -0.2) is 4.39 Å². The predicted octanol–water partition coefficient (Wildman–Crippen LogP) is 3.64. The number of carbonyl (C=O) groups is 1. The van der Waals surface area contributed by atoms with Crippen LogP contribution in [0.25, 0.3) is 0 Å². The third-order valence-electron chi connectivity index (χ3n) is 3.37. The second-order valence-electron chi connectivity index (χ2n) is 5.22. The first kappa shape index (κ1) is 16.0. The average Bonchev–Trinajstić information content (AvgIpc) is 2.49. The normalized spacial score (nSPS) is 11.8. The zero-order valence-electron chi connectivity index (χ0n) is 12.8. The molecule has 1 N–H and O–H groups in total. The lowest BCUT2D eigenvalue weighted by molar-refractivity contribution is -0.119. The summed E-state index contributed by atoms with van der Waals surface area (Å²) in [5.41, 5.74) is 2.22. The molecule has 2 aromatic carbocycles. The lowest BCUT2D eigenvalue weighted by atomic mass is 10.0. The minimum absolute atomic E-state index is 0.00187. The van der Waals surface area contributed by atoms with Gasteiger partial charge in [0.25, 0.3) is 0 Å². The maximum Gasteiger partial charge on any atom is 0.217 e. The van der Waals surface area contributed by atoms with Crippen LogP contribution >= 0.6 is 0 Å². The predicted molar refractivity (Wildman–Crippen MR) is 84.3 cm³/mol. The third kappa shape index (κ3) is 4.88. The monoisotopic (exact) mass is 301 g/mol. The highest BCUT2D eigenvalue weighted by Crippen LogP contribution is 2.15. The van der Waals surface area contributed by atoms with Crippen LogP contribution in [0, 0.1) is 5.82 Å². The van der Waals surface area contributed by atoms with E-state index in [4.69, 9.17) is 4.74 Å². The topological polar surface area (TPSA) is 38.3 Å². The minimum atomic E-state index is -0.267. The van der Waals surface area contributed by atoms with E-state index in [1.54, 1.807) is 12.1 Å². The van der Waals surface area contributed by atoms with E-state index in [1.807, 2.05) is 31.2 Å². The van der Waals surface area contributed by atoms with Gasteiger partial charge in [0.2, 0.25) is 5.91 Å². The molecule has 116 valence electrons. The van der Waals surface area contributed by atoms with E-state index in [-0.39, 0.29) is 17.8 Å². The van der Waals surface area contributed by atoms with Gasteiger partial charge < -0.3 is 10.1 Å². The molecular formula is C18H20FNO2. The Hall–Kier alpha value is -2.36. The van der Waals surface area contributed by atoms with Gasteiger partial charge in [-0.1, -0.05) is 24.3 Å². The largest absolute Gasteiger partial charge is 0.493 e. The lowest BCUT2D eigenvalue weighted by Crippen LogP contribution is -2.23. The van der Waals surface area contributed by atoms with E-state index in [9.17, 15) is 9.18 Å². The average molecular weight is 301 g/mol. The maximum absolute atomic E-state index is 12.8. The quantitative estimate of drug-likeness (QED) is 0.884. The molecule has 3 nitrogen and oxygen atoms in total. The molecule has 0 aliphatic carbocycles. The molecule has 22 heavy (non-hydrogen) atoms.